The molecular weight excluding hydrogens is 294 g/mol. The zero-order valence-corrected chi connectivity index (χ0v) is 13.8. The van der Waals surface area contributed by atoms with Crippen molar-refractivity contribution < 1.29 is 14.3 Å². The van der Waals surface area contributed by atoms with Gasteiger partial charge in [0.15, 0.2) is 0 Å². The molecule has 6 nitrogen and oxygen atoms in total. The number of carbonyl (C=O) groups is 2. The fourth-order valence-corrected chi connectivity index (χ4v) is 2.94. The number of likely N-dealkylation sites (tertiary alicyclic amines) is 1. The van der Waals surface area contributed by atoms with Crippen molar-refractivity contribution in [1.29, 1.82) is 0 Å². The van der Waals surface area contributed by atoms with Crippen LogP contribution in [-0.4, -0.2) is 40.9 Å². The minimum absolute atomic E-state index is 0.0646. The first-order chi connectivity index (χ1) is 11.0. The number of amides is 2. The molecule has 0 bridgehead atoms. The standard InChI is InChI=1S/C17H25N3O3/c1-3-12(4-2)17(22)20-9-5-6-14(11-20)23-13-7-8-19-15(10-13)16(18)21/h7-8,10,12,14H,3-6,9,11H2,1-2H3,(H2,18,21). The molecule has 0 radical (unpaired) electrons. The van der Waals surface area contributed by atoms with Gasteiger partial charge in [0.1, 0.15) is 17.5 Å². The highest BCUT2D eigenvalue weighted by molar-refractivity contribution is 5.91. The highest BCUT2D eigenvalue weighted by Crippen LogP contribution is 2.21. The van der Waals surface area contributed by atoms with E-state index in [0.717, 1.165) is 32.2 Å². The second kappa shape index (κ2) is 7.94. The number of hydrogen-bond acceptors (Lipinski definition) is 4. The summed E-state index contributed by atoms with van der Waals surface area (Å²) in [4.78, 5) is 29.5. The molecule has 1 fully saturated rings. The van der Waals surface area contributed by atoms with Crippen LogP contribution in [0.1, 0.15) is 50.0 Å². The van der Waals surface area contributed by atoms with E-state index in [1.165, 1.54) is 6.20 Å². The molecule has 0 aliphatic carbocycles. The SMILES string of the molecule is CCC(CC)C(=O)N1CCCC(Oc2ccnc(C(N)=O)c2)C1. The summed E-state index contributed by atoms with van der Waals surface area (Å²) in [6.07, 6.45) is 4.98. The predicted molar refractivity (Wildman–Crippen MR) is 87.1 cm³/mol. The lowest BCUT2D eigenvalue weighted by atomic mass is 9.99. The summed E-state index contributed by atoms with van der Waals surface area (Å²) in [6.45, 7) is 5.47. The number of pyridine rings is 1. The summed E-state index contributed by atoms with van der Waals surface area (Å²) in [5.41, 5.74) is 5.42. The van der Waals surface area contributed by atoms with E-state index in [9.17, 15) is 9.59 Å². The summed E-state index contributed by atoms with van der Waals surface area (Å²) in [7, 11) is 0. The van der Waals surface area contributed by atoms with Gasteiger partial charge in [-0.25, -0.2) is 0 Å². The van der Waals surface area contributed by atoms with Gasteiger partial charge in [-0.1, -0.05) is 13.8 Å². The van der Waals surface area contributed by atoms with Crippen LogP contribution < -0.4 is 10.5 Å². The summed E-state index contributed by atoms with van der Waals surface area (Å²) in [5.74, 6) is 0.298. The number of primary amides is 1. The first-order valence-corrected chi connectivity index (χ1v) is 8.26. The largest absolute Gasteiger partial charge is 0.488 e. The highest BCUT2D eigenvalue weighted by atomic mass is 16.5. The van der Waals surface area contributed by atoms with Crippen LogP contribution in [0.15, 0.2) is 18.3 Å². The molecule has 0 saturated carbocycles. The van der Waals surface area contributed by atoms with Crippen LogP contribution in [0.5, 0.6) is 5.75 Å². The third-order valence-electron chi connectivity index (χ3n) is 4.31. The van der Waals surface area contributed by atoms with Gasteiger partial charge in [-0.15, -0.1) is 0 Å². The summed E-state index contributed by atoms with van der Waals surface area (Å²) < 4.78 is 5.93. The first kappa shape index (κ1) is 17.2. The van der Waals surface area contributed by atoms with Gasteiger partial charge in [0, 0.05) is 24.7 Å². The molecule has 126 valence electrons. The lowest BCUT2D eigenvalue weighted by Gasteiger charge is -2.34. The molecule has 1 unspecified atom stereocenters. The van der Waals surface area contributed by atoms with Crippen LogP contribution in [0.25, 0.3) is 0 Å². The number of ether oxygens (including phenoxy) is 1. The van der Waals surface area contributed by atoms with Crippen molar-refractivity contribution >= 4 is 11.8 Å². The number of hydrogen-bond donors (Lipinski definition) is 1. The molecule has 2 amide bonds. The van der Waals surface area contributed by atoms with E-state index in [1.54, 1.807) is 12.1 Å². The van der Waals surface area contributed by atoms with Gasteiger partial charge in [-0.3, -0.25) is 14.6 Å². The number of piperidine rings is 1. The molecule has 1 atom stereocenters. The van der Waals surface area contributed by atoms with Crippen LogP contribution in [0, 0.1) is 5.92 Å². The Kier molecular flexibility index (Phi) is 5.96. The van der Waals surface area contributed by atoms with Gasteiger partial charge in [0.2, 0.25) is 5.91 Å². The number of carbonyl (C=O) groups excluding carboxylic acids is 2. The Balaban J connectivity index is 2.00. The fourth-order valence-electron chi connectivity index (χ4n) is 2.94. The van der Waals surface area contributed by atoms with Crippen LogP contribution in [0.3, 0.4) is 0 Å². The quantitative estimate of drug-likeness (QED) is 0.869. The van der Waals surface area contributed by atoms with E-state index in [0.29, 0.717) is 12.3 Å². The average Bonchev–Trinajstić information content (AvgIpc) is 2.56. The molecule has 1 aromatic heterocycles. The van der Waals surface area contributed by atoms with E-state index < -0.39 is 5.91 Å². The molecule has 2 N–H and O–H groups in total. The van der Waals surface area contributed by atoms with Crippen molar-refractivity contribution in [3.05, 3.63) is 24.0 Å². The van der Waals surface area contributed by atoms with Crippen molar-refractivity contribution in [3.63, 3.8) is 0 Å². The van der Waals surface area contributed by atoms with Crippen molar-refractivity contribution in [2.45, 2.75) is 45.6 Å². The zero-order valence-electron chi connectivity index (χ0n) is 13.8. The molecule has 1 aromatic rings. The van der Waals surface area contributed by atoms with Crippen molar-refractivity contribution in [1.82, 2.24) is 9.88 Å². The molecule has 1 aliphatic rings. The van der Waals surface area contributed by atoms with Gasteiger partial charge < -0.3 is 15.4 Å². The summed E-state index contributed by atoms with van der Waals surface area (Å²) in [5, 5.41) is 0. The molecule has 0 spiro atoms. The molecular formula is C17H25N3O3. The second-order valence-corrected chi connectivity index (χ2v) is 5.92. The Morgan fingerprint density at radius 3 is 2.83 bits per heavy atom. The van der Waals surface area contributed by atoms with Gasteiger partial charge in [-0.2, -0.15) is 0 Å². The van der Waals surface area contributed by atoms with E-state index in [1.807, 2.05) is 18.7 Å². The Morgan fingerprint density at radius 1 is 1.43 bits per heavy atom. The predicted octanol–water partition coefficient (Wildman–Crippen LogP) is 1.99. The Morgan fingerprint density at radius 2 is 2.17 bits per heavy atom. The Hall–Kier alpha value is -2.11. The summed E-state index contributed by atoms with van der Waals surface area (Å²) >= 11 is 0. The maximum Gasteiger partial charge on any atom is 0.267 e. The molecule has 23 heavy (non-hydrogen) atoms. The minimum Gasteiger partial charge on any atom is -0.488 e. The fraction of sp³-hybridized carbons (Fsp3) is 0.588. The van der Waals surface area contributed by atoms with Crippen LogP contribution in [0.4, 0.5) is 0 Å². The van der Waals surface area contributed by atoms with E-state index in [2.05, 4.69) is 4.98 Å². The zero-order chi connectivity index (χ0) is 16.8. The normalized spacial score (nSPS) is 18.0. The van der Waals surface area contributed by atoms with E-state index in [4.69, 9.17) is 10.5 Å². The van der Waals surface area contributed by atoms with Gasteiger partial charge in [-0.05, 0) is 31.7 Å². The van der Waals surface area contributed by atoms with Crippen molar-refractivity contribution in [2.24, 2.45) is 11.7 Å². The van der Waals surface area contributed by atoms with Gasteiger partial charge >= 0.3 is 0 Å². The van der Waals surface area contributed by atoms with Crippen molar-refractivity contribution in [2.75, 3.05) is 13.1 Å². The molecule has 2 heterocycles. The van der Waals surface area contributed by atoms with Gasteiger partial charge in [0.05, 0.1) is 6.54 Å². The minimum atomic E-state index is -0.579. The smallest absolute Gasteiger partial charge is 0.267 e. The van der Waals surface area contributed by atoms with Crippen LogP contribution in [0.2, 0.25) is 0 Å². The molecule has 0 aromatic carbocycles. The van der Waals surface area contributed by atoms with Gasteiger partial charge in [0.25, 0.3) is 5.91 Å². The lowest BCUT2D eigenvalue weighted by Crippen LogP contribution is -2.46. The highest BCUT2D eigenvalue weighted by Gasteiger charge is 2.28. The molecule has 2 rings (SSSR count). The van der Waals surface area contributed by atoms with Crippen molar-refractivity contribution in [3.8, 4) is 5.75 Å². The molecule has 1 aliphatic heterocycles. The van der Waals surface area contributed by atoms with Crippen LogP contribution >= 0.6 is 0 Å². The topological polar surface area (TPSA) is 85.5 Å². The first-order valence-electron chi connectivity index (χ1n) is 8.26. The van der Waals surface area contributed by atoms with E-state index in [-0.39, 0.29) is 23.6 Å². The van der Waals surface area contributed by atoms with E-state index >= 15 is 0 Å². The third kappa shape index (κ3) is 4.43. The number of nitrogens with zero attached hydrogens (tertiary/aromatic N) is 2. The Labute approximate surface area is 137 Å². The average molecular weight is 319 g/mol. The molecule has 6 heteroatoms. The molecule has 1 saturated heterocycles. The third-order valence-corrected chi connectivity index (χ3v) is 4.31. The van der Waals surface area contributed by atoms with Crippen LogP contribution in [-0.2, 0) is 4.79 Å². The number of nitrogens with two attached hydrogens (primary N) is 1. The number of aromatic nitrogens is 1. The maximum atomic E-state index is 12.5. The second-order valence-electron chi connectivity index (χ2n) is 5.92. The number of rotatable bonds is 6. The monoisotopic (exact) mass is 319 g/mol. The summed E-state index contributed by atoms with van der Waals surface area (Å²) in [6, 6.07) is 3.25. The Bertz CT molecular complexity index is 558. The maximum absolute atomic E-state index is 12.5. The lowest BCUT2D eigenvalue weighted by molar-refractivity contribution is -0.138.